The Morgan fingerprint density at radius 1 is 0.625 bits per heavy atom. The molecule has 1 aliphatic rings. The fourth-order valence-corrected chi connectivity index (χ4v) is 2.20. The third-order valence-corrected chi connectivity index (χ3v) is 3.74. The maximum absolute atomic E-state index is 10.7. The maximum atomic E-state index is 10.7. The van der Waals surface area contributed by atoms with Crippen LogP contribution in [0, 0.1) is 0 Å². The number of phenols is 4. The monoisotopic (exact) mass is 462 g/mol. The van der Waals surface area contributed by atoms with Crippen molar-refractivity contribution < 1.29 is 72.0 Å². The number of aromatic carboxylic acids is 2. The van der Waals surface area contributed by atoms with Crippen LogP contribution >= 0.6 is 0 Å². The summed E-state index contributed by atoms with van der Waals surface area (Å²) >= 11 is 0. The minimum Gasteiger partial charge on any atom is -0.867 e. The lowest BCUT2D eigenvalue weighted by Crippen LogP contribution is -3.04. The molecular formula is C18H26N2O12. The van der Waals surface area contributed by atoms with Crippen molar-refractivity contribution in [3.63, 3.8) is 0 Å². The van der Waals surface area contributed by atoms with E-state index in [0.717, 1.165) is 24.3 Å². The van der Waals surface area contributed by atoms with Gasteiger partial charge in [-0.15, -0.1) is 0 Å². The number of benzene rings is 2. The second-order valence-electron chi connectivity index (χ2n) is 6.03. The Kier molecular flexibility index (Phi) is 13.3. The van der Waals surface area contributed by atoms with Gasteiger partial charge >= 0.3 is 11.9 Å². The normalized spacial score (nSPS) is 11.8. The van der Waals surface area contributed by atoms with Crippen LogP contribution in [0.25, 0.3) is 0 Å². The van der Waals surface area contributed by atoms with E-state index in [1.165, 1.54) is 26.2 Å². The molecular weight excluding hydrogens is 436 g/mol. The summed E-state index contributed by atoms with van der Waals surface area (Å²) in [4.78, 5) is 20.6. The van der Waals surface area contributed by atoms with Crippen molar-refractivity contribution in [3.05, 3.63) is 35.4 Å². The molecule has 14 heteroatoms. The summed E-state index contributed by atoms with van der Waals surface area (Å²) in [5.74, 6) is -7.67. The zero-order valence-corrected chi connectivity index (χ0v) is 16.6. The molecule has 1 aliphatic heterocycles. The van der Waals surface area contributed by atoms with E-state index in [2.05, 4.69) is 10.6 Å². The first-order valence-electron chi connectivity index (χ1n) is 8.60. The van der Waals surface area contributed by atoms with Gasteiger partial charge < -0.3 is 62.4 Å². The van der Waals surface area contributed by atoms with Crippen LogP contribution in [0.5, 0.6) is 34.5 Å². The van der Waals surface area contributed by atoms with Gasteiger partial charge in [-0.2, -0.15) is 0 Å². The molecule has 0 saturated carbocycles. The summed E-state index contributed by atoms with van der Waals surface area (Å²) in [5, 5.41) is 78.0. The Bertz CT molecular complexity index is 775. The summed E-state index contributed by atoms with van der Waals surface area (Å²) in [6.07, 6.45) is 0. The van der Waals surface area contributed by atoms with Gasteiger partial charge in [-0.3, -0.25) is 0 Å². The van der Waals surface area contributed by atoms with Crippen molar-refractivity contribution in [1.29, 1.82) is 0 Å². The molecule has 180 valence electrons. The summed E-state index contributed by atoms with van der Waals surface area (Å²) in [6.45, 7) is 5.28. The van der Waals surface area contributed by atoms with Crippen molar-refractivity contribution in [2.45, 2.75) is 0 Å². The van der Waals surface area contributed by atoms with Crippen molar-refractivity contribution in [2.75, 3.05) is 26.2 Å². The van der Waals surface area contributed by atoms with Crippen LogP contribution in [0.15, 0.2) is 24.3 Å². The van der Waals surface area contributed by atoms with Crippen molar-refractivity contribution in [2.24, 2.45) is 0 Å². The van der Waals surface area contributed by atoms with Crippen molar-refractivity contribution in [1.82, 2.24) is 0 Å². The van der Waals surface area contributed by atoms with E-state index in [4.69, 9.17) is 30.6 Å². The fraction of sp³-hybridized carbons (Fsp3) is 0.222. The molecule has 3 rings (SSSR count). The lowest BCUT2D eigenvalue weighted by atomic mass is 10.2. The van der Waals surface area contributed by atoms with Gasteiger partial charge in [0, 0.05) is 0 Å². The lowest BCUT2D eigenvalue weighted by Gasteiger charge is -2.10. The van der Waals surface area contributed by atoms with Crippen LogP contribution in [0.2, 0.25) is 0 Å². The van der Waals surface area contributed by atoms with E-state index in [9.17, 15) is 19.8 Å². The minimum absolute atomic E-state index is 0. The average molecular weight is 462 g/mol. The molecule has 0 unspecified atom stereocenters. The first-order chi connectivity index (χ1) is 14.0. The number of carboxylic acids is 2. The molecule has 0 spiro atoms. The number of nitrogens with two attached hydrogens (primary N) is 2. The van der Waals surface area contributed by atoms with Gasteiger partial charge in [-0.1, -0.05) is 0 Å². The SMILES string of the molecule is C1C[NH2+]CC[NH2+]1.O.O.O=C(O)c1cc(O)c([O-])c(O)c1.O=C(O)c1cc(O)c([O-])c(O)c1. The topological polar surface area (TPSA) is 298 Å². The zero-order chi connectivity index (χ0) is 22.8. The molecule has 2 aromatic rings. The fourth-order valence-electron chi connectivity index (χ4n) is 2.20. The van der Waals surface area contributed by atoms with Gasteiger partial charge in [0.2, 0.25) is 0 Å². The van der Waals surface area contributed by atoms with Gasteiger partial charge in [0.05, 0.1) is 11.1 Å². The number of quaternary nitrogens is 2. The summed E-state index contributed by atoms with van der Waals surface area (Å²) < 4.78 is 0. The second-order valence-corrected chi connectivity index (χ2v) is 6.03. The van der Waals surface area contributed by atoms with Crippen LogP contribution in [-0.4, -0.2) is 79.7 Å². The predicted molar refractivity (Wildman–Crippen MR) is 103 cm³/mol. The van der Waals surface area contributed by atoms with Crippen LogP contribution in [0.1, 0.15) is 20.7 Å². The first kappa shape index (κ1) is 30.2. The Labute approximate surface area is 180 Å². The Hall–Kier alpha value is -3.98. The molecule has 0 radical (unpaired) electrons. The van der Waals surface area contributed by atoms with Crippen LogP contribution in [0.3, 0.4) is 0 Å². The molecule has 0 bridgehead atoms. The van der Waals surface area contributed by atoms with Gasteiger partial charge in [0.15, 0.2) is 0 Å². The third-order valence-electron chi connectivity index (χ3n) is 3.74. The molecule has 0 amide bonds. The lowest BCUT2D eigenvalue weighted by molar-refractivity contribution is -0.787. The molecule has 32 heavy (non-hydrogen) atoms. The van der Waals surface area contributed by atoms with E-state index < -0.39 is 46.4 Å². The molecule has 1 fully saturated rings. The summed E-state index contributed by atoms with van der Waals surface area (Å²) in [7, 11) is 0. The van der Waals surface area contributed by atoms with E-state index >= 15 is 0 Å². The molecule has 2 aromatic carbocycles. The largest absolute Gasteiger partial charge is 0.867 e. The zero-order valence-electron chi connectivity index (χ0n) is 16.6. The second kappa shape index (κ2) is 14.1. The number of hydrogen-bond donors (Lipinski definition) is 8. The quantitative estimate of drug-likeness (QED) is 0.210. The highest BCUT2D eigenvalue weighted by Crippen LogP contribution is 2.33. The average Bonchev–Trinajstić information content (AvgIpc) is 2.71. The molecule has 14 nitrogen and oxygen atoms in total. The van der Waals surface area contributed by atoms with Crippen LogP contribution in [0.4, 0.5) is 0 Å². The standard InChI is InChI=1S/2C7H6O5.C4H10N2.2H2O/c2*8-4-1-3(7(11)12)2-5(9)6(4)10;1-2-6-4-3-5-1;;/h2*1-2,8-10H,(H,11,12);5-6H,1-4H2;2*1H2. The van der Waals surface area contributed by atoms with E-state index in [1.54, 1.807) is 0 Å². The minimum atomic E-state index is -1.32. The van der Waals surface area contributed by atoms with Gasteiger partial charge in [0.1, 0.15) is 49.2 Å². The molecule has 0 aliphatic carbocycles. The molecule has 0 aromatic heterocycles. The highest BCUT2D eigenvalue weighted by Gasteiger charge is 2.08. The highest BCUT2D eigenvalue weighted by atomic mass is 16.4. The Balaban J connectivity index is 0. The summed E-state index contributed by atoms with van der Waals surface area (Å²) in [6, 6.07) is 3.13. The number of aromatic hydroxyl groups is 4. The van der Waals surface area contributed by atoms with Crippen molar-refractivity contribution in [3.8, 4) is 34.5 Å². The van der Waals surface area contributed by atoms with Crippen molar-refractivity contribution >= 4 is 11.9 Å². The highest BCUT2D eigenvalue weighted by molar-refractivity contribution is 5.89. The van der Waals surface area contributed by atoms with E-state index in [0.29, 0.717) is 0 Å². The van der Waals surface area contributed by atoms with Gasteiger partial charge in [0.25, 0.3) is 0 Å². The number of carbonyl (C=O) groups is 2. The first-order valence-corrected chi connectivity index (χ1v) is 8.60. The van der Waals surface area contributed by atoms with Crippen LogP contribution in [-0.2, 0) is 0 Å². The maximum Gasteiger partial charge on any atom is 0.335 e. The number of piperazine rings is 1. The summed E-state index contributed by atoms with van der Waals surface area (Å²) in [5.41, 5.74) is -0.658. The number of hydrogen-bond acceptors (Lipinski definition) is 8. The third kappa shape index (κ3) is 9.23. The molecule has 0 atom stereocenters. The molecule has 1 heterocycles. The number of rotatable bonds is 2. The Morgan fingerprint density at radius 2 is 0.844 bits per heavy atom. The predicted octanol–water partition coefficient (Wildman–Crippen LogP) is -4.78. The Morgan fingerprint density at radius 3 is 1.00 bits per heavy atom. The van der Waals surface area contributed by atoms with E-state index in [1.807, 2.05) is 0 Å². The number of phenolic OH excluding ortho intramolecular Hbond substituents is 4. The van der Waals surface area contributed by atoms with E-state index in [-0.39, 0.29) is 22.1 Å². The van der Waals surface area contributed by atoms with Gasteiger partial charge in [-0.25, -0.2) is 9.59 Å². The smallest absolute Gasteiger partial charge is 0.335 e. The molecule has 1 saturated heterocycles. The van der Waals surface area contributed by atoms with Crippen LogP contribution < -0.4 is 20.8 Å². The number of carboxylic acid groups (broad SMARTS) is 2. The molecule has 14 N–H and O–H groups in total. The van der Waals surface area contributed by atoms with Gasteiger partial charge in [-0.05, 0) is 35.8 Å².